The van der Waals surface area contributed by atoms with Crippen molar-refractivity contribution in [3.8, 4) is 0 Å². The maximum atomic E-state index is 12.4. The standard InChI is InChI=1S/C16H16N2OS/c1-10(2)16(19)11-6-5-9-14-15(11)18(17)12-7-3-4-8-13(12)20-14/h3-10H,17H2,1-2H3. The molecule has 0 spiro atoms. The van der Waals surface area contributed by atoms with Crippen LogP contribution in [0.3, 0.4) is 0 Å². The minimum atomic E-state index is -0.0444. The quantitative estimate of drug-likeness (QED) is 0.669. The van der Waals surface area contributed by atoms with E-state index >= 15 is 0 Å². The van der Waals surface area contributed by atoms with E-state index < -0.39 is 0 Å². The van der Waals surface area contributed by atoms with E-state index in [0.29, 0.717) is 5.56 Å². The van der Waals surface area contributed by atoms with E-state index in [1.807, 2.05) is 56.3 Å². The van der Waals surface area contributed by atoms with Gasteiger partial charge >= 0.3 is 0 Å². The van der Waals surface area contributed by atoms with E-state index in [0.717, 1.165) is 21.2 Å². The molecule has 0 aliphatic carbocycles. The smallest absolute Gasteiger partial charge is 0.167 e. The molecule has 0 atom stereocenters. The highest BCUT2D eigenvalue weighted by Gasteiger charge is 2.26. The average molecular weight is 284 g/mol. The lowest BCUT2D eigenvalue weighted by molar-refractivity contribution is 0.0940. The van der Waals surface area contributed by atoms with E-state index in [4.69, 9.17) is 5.84 Å². The molecule has 0 amide bonds. The van der Waals surface area contributed by atoms with Crippen LogP contribution in [0.25, 0.3) is 0 Å². The number of para-hydroxylation sites is 2. The summed E-state index contributed by atoms with van der Waals surface area (Å²) in [6, 6.07) is 13.7. The van der Waals surface area contributed by atoms with E-state index in [9.17, 15) is 4.79 Å². The Kier molecular flexibility index (Phi) is 3.28. The molecule has 0 bridgehead atoms. The first-order valence-electron chi connectivity index (χ1n) is 6.58. The summed E-state index contributed by atoms with van der Waals surface area (Å²) in [5.41, 5.74) is 2.45. The maximum absolute atomic E-state index is 12.4. The second kappa shape index (κ2) is 4.96. The number of rotatable bonds is 2. The van der Waals surface area contributed by atoms with Crippen molar-refractivity contribution in [3.05, 3.63) is 48.0 Å². The number of hydrogen-bond donors (Lipinski definition) is 1. The normalized spacial score (nSPS) is 13.1. The highest BCUT2D eigenvalue weighted by Crippen LogP contribution is 2.48. The number of fused-ring (bicyclic) bond motifs is 2. The number of hydrazine groups is 1. The van der Waals surface area contributed by atoms with Gasteiger partial charge < -0.3 is 0 Å². The van der Waals surface area contributed by atoms with Crippen molar-refractivity contribution in [2.45, 2.75) is 23.6 Å². The van der Waals surface area contributed by atoms with Gasteiger partial charge in [0.1, 0.15) is 0 Å². The number of carbonyl (C=O) groups is 1. The maximum Gasteiger partial charge on any atom is 0.167 e. The monoisotopic (exact) mass is 284 g/mol. The summed E-state index contributed by atoms with van der Waals surface area (Å²) in [6.45, 7) is 3.82. The van der Waals surface area contributed by atoms with Crippen LogP contribution in [0.2, 0.25) is 0 Å². The molecule has 4 heteroatoms. The molecule has 0 saturated carbocycles. The highest BCUT2D eigenvalue weighted by molar-refractivity contribution is 7.99. The van der Waals surface area contributed by atoms with Crippen LogP contribution in [0.1, 0.15) is 24.2 Å². The SMILES string of the molecule is CC(C)C(=O)c1cccc2c1N(N)c1ccccc1S2. The van der Waals surface area contributed by atoms with Gasteiger partial charge in [0.15, 0.2) is 5.78 Å². The molecule has 2 aromatic rings. The fraction of sp³-hybridized carbons (Fsp3) is 0.188. The summed E-state index contributed by atoms with van der Waals surface area (Å²) in [6.07, 6.45) is 0. The Hall–Kier alpha value is -1.78. The van der Waals surface area contributed by atoms with Crippen LogP contribution in [0.15, 0.2) is 52.3 Å². The molecule has 102 valence electrons. The molecule has 0 fully saturated rings. The molecule has 3 nitrogen and oxygen atoms in total. The Morgan fingerprint density at radius 2 is 1.80 bits per heavy atom. The number of hydrogen-bond acceptors (Lipinski definition) is 4. The van der Waals surface area contributed by atoms with Crippen molar-refractivity contribution in [2.24, 2.45) is 11.8 Å². The lowest BCUT2D eigenvalue weighted by Gasteiger charge is -2.30. The van der Waals surface area contributed by atoms with Crippen molar-refractivity contribution in [1.82, 2.24) is 0 Å². The summed E-state index contributed by atoms with van der Waals surface area (Å²) >= 11 is 1.66. The van der Waals surface area contributed by atoms with E-state index in [1.165, 1.54) is 0 Å². The molecule has 1 aliphatic rings. The second-order valence-electron chi connectivity index (χ2n) is 5.11. The third kappa shape index (κ3) is 2.01. The van der Waals surface area contributed by atoms with Gasteiger partial charge in [0.05, 0.1) is 11.4 Å². The molecule has 0 unspecified atom stereocenters. The van der Waals surface area contributed by atoms with Crippen molar-refractivity contribution in [1.29, 1.82) is 0 Å². The zero-order chi connectivity index (χ0) is 14.3. The molecule has 3 rings (SSSR count). The lowest BCUT2D eigenvalue weighted by Crippen LogP contribution is -2.30. The number of anilines is 2. The van der Waals surface area contributed by atoms with Crippen molar-refractivity contribution >= 4 is 28.9 Å². The van der Waals surface area contributed by atoms with Crippen LogP contribution in [0.5, 0.6) is 0 Å². The Balaban J connectivity index is 2.17. The van der Waals surface area contributed by atoms with Crippen LogP contribution >= 0.6 is 11.8 Å². The van der Waals surface area contributed by atoms with Crippen LogP contribution in [-0.2, 0) is 0 Å². The van der Waals surface area contributed by atoms with Gasteiger partial charge in [-0.3, -0.25) is 9.80 Å². The van der Waals surface area contributed by atoms with Crippen molar-refractivity contribution in [2.75, 3.05) is 5.01 Å². The Labute approximate surface area is 122 Å². The summed E-state index contributed by atoms with van der Waals surface area (Å²) in [5.74, 6) is 6.34. The summed E-state index contributed by atoms with van der Waals surface area (Å²) in [7, 11) is 0. The van der Waals surface area contributed by atoms with Crippen molar-refractivity contribution in [3.63, 3.8) is 0 Å². The number of carbonyl (C=O) groups excluding carboxylic acids is 1. The molecular weight excluding hydrogens is 268 g/mol. The number of nitrogens with zero attached hydrogens (tertiary/aromatic N) is 1. The molecule has 20 heavy (non-hydrogen) atoms. The van der Waals surface area contributed by atoms with Crippen molar-refractivity contribution < 1.29 is 4.79 Å². The molecule has 1 aliphatic heterocycles. The fourth-order valence-electron chi connectivity index (χ4n) is 2.34. The van der Waals surface area contributed by atoms with Gasteiger partial charge in [-0.05, 0) is 24.3 Å². The second-order valence-corrected chi connectivity index (χ2v) is 6.19. The summed E-state index contributed by atoms with van der Waals surface area (Å²) in [4.78, 5) is 14.5. The first kappa shape index (κ1) is 13.2. The van der Waals surface area contributed by atoms with Gasteiger partial charge in [-0.15, -0.1) is 0 Å². The first-order chi connectivity index (χ1) is 9.59. The topological polar surface area (TPSA) is 46.3 Å². The van der Waals surface area contributed by atoms with Crippen LogP contribution < -0.4 is 10.9 Å². The largest absolute Gasteiger partial charge is 0.294 e. The van der Waals surface area contributed by atoms with Gasteiger partial charge in [-0.25, -0.2) is 5.84 Å². The zero-order valence-corrected chi connectivity index (χ0v) is 12.3. The van der Waals surface area contributed by atoms with E-state index in [1.54, 1.807) is 16.8 Å². The summed E-state index contributed by atoms with van der Waals surface area (Å²) in [5, 5.41) is 1.64. The number of ketones is 1. The molecule has 0 radical (unpaired) electrons. The minimum Gasteiger partial charge on any atom is -0.294 e. The predicted octanol–water partition coefficient (Wildman–Crippen LogP) is 4.00. The third-order valence-corrected chi connectivity index (χ3v) is 4.49. The van der Waals surface area contributed by atoms with Gasteiger partial charge in [0, 0.05) is 21.3 Å². The molecule has 0 aromatic heterocycles. The minimum absolute atomic E-state index is 0.0444. The Bertz CT molecular complexity index is 682. The third-order valence-electron chi connectivity index (χ3n) is 3.37. The van der Waals surface area contributed by atoms with Gasteiger partial charge in [0.25, 0.3) is 0 Å². The van der Waals surface area contributed by atoms with Gasteiger partial charge in [0.2, 0.25) is 0 Å². The number of benzene rings is 2. The van der Waals surface area contributed by atoms with E-state index in [2.05, 4.69) is 0 Å². The highest BCUT2D eigenvalue weighted by atomic mass is 32.2. The Morgan fingerprint density at radius 1 is 1.10 bits per heavy atom. The molecule has 0 saturated heterocycles. The molecular formula is C16H16N2OS. The number of Topliss-reactive ketones (excluding diaryl/α,β-unsaturated/α-hetero) is 1. The fourth-order valence-corrected chi connectivity index (χ4v) is 3.45. The van der Waals surface area contributed by atoms with Crippen LogP contribution in [0.4, 0.5) is 11.4 Å². The van der Waals surface area contributed by atoms with Crippen LogP contribution in [0, 0.1) is 5.92 Å². The Morgan fingerprint density at radius 3 is 2.55 bits per heavy atom. The lowest BCUT2D eigenvalue weighted by atomic mass is 9.99. The van der Waals surface area contributed by atoms with Crippen LogP contribution in [-0.4, -0.2) is 5.78 Å². The molecule has 2 aromatic carbocycles. The predicted molar refractivity (Wildman–Crippen MR) is 82.5 cm³/mol. The first-order valence-corrected chi connectivity index (χ1v) is 7.40. The number of nitrogens with two attached hydrogens (primary N) is 1. The van der Waals surface area contributed by atoms with E-state index in [-0.39, 0.29) is 11.7 Å². The average Bonchev–Trinajstić information content (AvgIpc) is 2.46. The summed E-state index contributed by atoms with van der Waals surface area (Å²) < 4.78 is 0. The van der Waals surface area contributed by atoms with Gasteiger partial charge in [-0.2, -0.15) is 0 Å². The molecule has 1 heterocycles. The zero-order valence-electron chi connectivity index (χ0n) is 11.5. The molecule has 2 N–H and O–H groups in total. The van der Waals surface area contributed by atoms with Gasteiger partial charge in [-0.1, -0.05) is 43.8 Å².